The van der Waals surface area contributed by atoms with Crippen LogP contribution in [0.1, 0.15) is 26.2 Å². The van der Waals surface area contributed by atoms with Crippen LogP contribution in [0.2, 0.25) is 0 Å². The third kappa shape index (κ3) is 9.69. The van der Waals surface area contributed by atoms with E-state index in [1.54, 1.807) is 0 Å². The first-order valence-electron chi connectivity index (χ1n) is 2.55. The zero-order valence-corrected chi connectivity index (χ0v) is 4.61. The molecular weight excluding hydrogens is 113 g/mol. The van der Waals surface area contributed by atoms with Crippen LogP contribution in [-0.2, 0) is 4.79 Å². The molecule has 8 heavy (non-hydrogen) atoms. The molecule has 0 aromatic heterocycles. The standard InChI is InChI=1S/C5H11NO.Na.H/c1-2-3-4-5(6)7;;/h2-4H2,1H3,(H2,6,7);;. The van der Waals surface area contributed by atoms with E-state index in [9.17, 15) is 4.79 Å². The van der Waals surface area contributed by atoms with Crippen LogP contribution in [-0.4, -0.2) is 35.5 Å². The molecule has 0 heterocycles. The Morgan fingerprint density at radius 2 is 2.12 bits per heavy atom. The van der Waals surface area contributed by atoms with Crippen molar-refractivity contribution in [1.82, 2.24) is 0 Å². The molecule has 0 spiro atoms. The molecule has 0 aliphatic carbocycles. The van der Waals surface area contributed by atoms with Gasteiger partial charge in [0.25, 0.3) is 0 Å². The number of carbonyl (C=O) groups is 1. The van der Waals surface area contributed by atoms with Gasteiger partial charge < -0.3 is 5.73 Å². The zero-order chi connectivity index (χ0) is 5.70. The molecule has 1 amide bonds. The number of hydrogen-bond donors (Lipinski definition) is 1. The average Bonchev–Trinajstić information content (AvgIpc) is 1.61. The molecule has 0 aromatic rings. The molecule has 0 fully saturated rings. The van der Waals surface area contributed by atoms with Crippen molar-refractivity contribution in [3.8, 4) is 0 Å². The van der Waals surface area contributed by atoms with Crippen LogP contribution >= 0.6 is 0 Å². The maximum atomic E-state index is 9.98. The number of hydrogen-bond acceptors (Lipinski definition) is 1. The molecule has 0 saturated heterocycles. The van der Waals surface area contributed by atoms with E-state index in [0.717, 1.165) is 12.8 Å². The molecule has 0 aromatic carbocycles. The summed E-state index contributed by atoms with van der Waals surface area (Å²) >= 11 is 0. The fourth-order valence-electron chi connectivity index (χ4n) is 0.351. The van der Waals surface area contributed by atoms with Crippen molar-refractivity contribution >= 4 is 35.5 Å². The molecule has 0 aliphatic heterocycles. The fourth-order valence-corrected chi connectivity index (χ4v) is 0.351. The van der Waals surface area contributed by atoms with E-state index in [1.807, 2.05) is 6.92 Å². The van der Waals surface area contributed by atoms with Crippen molar-refractivity contribution in [2.75, 3.05) is 0 Å². The van der Waals surface area contributed by atoms with E-state index in [2.05, 4.69) is 0 Å². The van der Waals surface area contributed by atoms with Gasteiger partial charge in [0.15, 0.2) is 0 Å². The molecule has 2 N–H and O–H groups in total. The first kappa shape index (κ1) is 11.3. The van der Waals surface area contributed by atoms with Gasteiger partial charge in [0.2, 0.25) is 5.91 Å². The summed E-state index contributed by atoms with van der Waals surface area (Å²) in [6, 6.07) is 0. The van der Waals surface area contributed by atoms with Crippen molar-refractivity contribution in [1.29, 1.82) is 0 Å². The molecule has 0 unspecified atom stereocenters. The van der Waals surface area contributed by atoms with Gasteiger partial charge in [-0.15, -0.1) is 0 Å². The third-order valence-corrected chi connectivity index (χ3v) is 0.777. The van der Waals surface area contributed by atoms with Gasteiger partial charge in [-0.05, 0) is 6.42 Å². The first-order chi connectivity index (χ1) is 3.27. The van der Waals surface area contributed by atoms with Crippen LogP contribution in [0.3, 0.4) is 0 Å². The monoisotopic (exact) mass is 125 g/mol. The summed E-state index contributed by atoms with van der Waals surface area (Å²) in [7, 11) is 0. The van der Waals surface area contributed by atoms with Crippen molar-refractivity contribution in [2.45, 2.75) is 26.2 Å². The number of primary amides is 1. The molecule has 0 radical (unpaired) electrons. The van der Waals surface area contributed by atoms with Gasteiger partial charge in [0.05, 0.1) is 0 Å². The van der Waals surface area contributed by atoms with Gasteiger partial charge in [-0.2, -0.15) is 0 Å². The van der Waals surface area contributed by atoms with Gasteiger partial charge in [0.1, 0.15) is 0 Å². The normalized spacial score (nSPS) is 7.62. The molecule has 3 heteroatoms. The van der Waals surface area contributed by atoms with Gasteiger partial charge in [-0.25, -0.2) is 0 Å². The molecule has 44 valence electrons. The number of carbonyl (C=O) groups excluding carboxylic acids is 1. The molecule has 0 atom stereocenters. The van der Waals surface area contributed by atoms with Gasteiger partial charge in [-0.3, -0.25) is 4.79 Å². The summed E-state index contributed by atoms with van der Waals surface area (Å²) in [4.78, 5) is 9.98. The zero-order valence-electron chi connectivity index (χ0n) is 4.61. The Balaban J connectivity index is 0. The summed E-state index contributed by atoms with van der Waals surface area (Å²) in [6.45, 7) is 2.03. The third-order valence-electron chi connectivity index (χ3n) is 0.777. The topological polar surface area (TPSA) is 43.1 Å². The van der Waals surface area contributed by atoms with Crippen LogP contribution in [0.15, 0.2) is 0 Å². The molecule has 0 bridgehead atoms. The van der Waals surface area contributed by atoms with Crippen LogP contribution in [0, 0.1) is 0 Å². The maximum absolute atomic E-state index is 9.98. The quantitative estimate of drug-likeness (QED) is 0.530. The second-order valence-electron chi connectivity index (χ2n) is 1.57. The molecule has 0 saturated carbocycles. The van der Waals surface area contributed by atoms with Crippen molar-refractivity contribution < 1.29 is 4.79 Å². The van der Waals surface area contributed by atoms with Crippen LogP contribution in [0.5, 0.6) is 0 Å². The summed E-state index contributed by atoms with van der Waals surface area (Å²) in [6.07, 6.45) is 2.51. The van der Waals surface area contributed by atoms with Gasteiger partial charge in [0, 0.05) is 6.42 Å². The van der Waals surface area contributed by atoms with E-state index in [1.165, 1.54) is 0 Å². The Kier molecular flexibility index (Phi) is 10.5. The molecule has 0 rings (SSSR count). The van der Waals surface area contributed by atoms with E-state index in [-0.39, 0.29) is 35.5 Å². The Bertz CT molecular complexity index is 65.4. The van der Waals surface area contributed by atoms with Crippen LogP contribution < -0.4 is 5.73 Å². The molecule has 2 nitrogen and oxygen atoms in total. The van der Waals surface area contributed by atoms with Crippen LogP contribution in [0.4, 0.5) is 0 Å². The van der Waals surface area contributed by atoms with E-state index < -0.39 is 0 Å². The van der Waals surface area contributed by atoms with E-state index in [4.69, 9.17) is 5.73 Å². The number of amides is 1. The second-order valence-corrected chi connectivity index (χ2v) is 1.57. The minimum absolute atomic E-state index is 0. The van der Waals surface area contributed by atoms with E-state index >= 15 is 0 Å². The number of unbranched alkanes of at least 4 members (excludes halogenated alkanes) is 1. The minimum atomic E-state index is -0.193. The Morgan fingerprint density at radius 3 is 2.25 bits per heavy atom. The van der Waals surface area contributed by atoms with E-state index in [0.29, 0.717) is 6.42 Å². The first-order valence-corrected chi connectivity index (χ1v) is 2.55. The Labute approximate surface area is 72.1 Å². The number of nitrogens with two attached hydrogens (primary N) is 1. The predicted octanol–water partition coefficient (Wildman–Crippen LogP) is 0.0134. The summed E-state index contributed by atoms with van der Waals surface area (Å²) in [5, 5.41) is 0. The molecule has 0 aliphatic rings. The molecular formula is C5H12NNaO. The van der Waals surface area contributed by atoms with Gasteiger partial charge in [-0.1, -0.05) is 13.3 Å². The Morgan fingerprint density at radius 1 is 1.62 bits per heavy atom. The summed E-state index contributed by atoms with van der Waals surface area (Å²) < 4.78 is 0. The van der Waals surface area contributed by atoms with Crippen molar-refractivity contribution in [3.05, 3.63) is 0 Å². The van der Waals surface area contributed by atoms with Crippen LogP contribution in [0.25, 0.3) is 0 Å². The SMILES string of the molecule is CCCCC(N)=O.[NaH]. The predicted molar refractivity (Wildman–Crippen MR) is 35.9 cm³/mol. The fraction of sp³-hybridized carbons (Fsp3) is 0.800. The number of rotatable bonds is 3. The summed E-state index contributed by atoms with van der Waals surface area (Å²) in [5.74, 6) is -0.193. The summed E-state index contributed by atoms with van der Waals surface area (Å²) in [5.41, 5.74) is 4.84. The van der Waals surface area contributed by atoms with Gasteiger partial charge >= 0.3 is 29.6 Å². The Hall–Kier alpha value is 0.470. The van der Waals surface area contributed by atoms with Crippen molar-refractivity contribution in [3.63, 3.8) is 0 Å². The second kappa shape index (κ2) is 7.47. The average molecular weight is 125 g/mol. The van der Waals surface area contributed by atoms with Crippen molar-refractivity contribution in [2.24, 2.45) is 5.73 Å².